The summed E-state index contributed by atoms with van der Waals surface area (Å²) in [5.74, 6) is -0.0772. The molecule has 1 aromatic rings. The van der Waals surface area contributed by atoms with E-state index in [2.05, 4.69) is 12.2 Å². The molecule has 0 aliphatic heterocycles. The number of amides is 1. The van der Waals surface area contributed by atoms with E-state index in [1.54, 1.807) is 24.3 Å². The van der Waals surface area contributed by atoms with E-state index in [4.69, 9.17) is 4.74 Å². The molecule has 1 amide bonds. The lowest BCUT2D eigenvalue weighted by molar-refractivity contribution is -0.119. The van der Waals surface area contributed by atoms with Crippen LogP contribution in [0.15, 0.2) is 24.3 Å². The second kappa shape index (κ2) is 7.81. The fourth-order valence-electron chi connectivity index (χ4n) is 2.51. The molecule has 1 saturated carbocycles. The van der Waals surface area contributed by atoms with E-state index < -0.39 is 0 Å². The van der Waals surface area contributed by atoms with Gasteiger partial charge in [-0.25, -0.2) is 4.79 Å². The maximum absolute atomic E-state index is 12.0. The van der Waals surface area contributed by atoms with E-state index in [0.29, 0.717) is 12.2 Å². The summed E-state index contributed by atoms with van der Waals surface area (Å²) in [5, 5.41) is 2.91. The predicted octanol–water partition coefficient (Wildman–Crippen LogP) is 3.77. The highest BCUT2D eigenvalue weighted by Crippen LogP contribution is 2.26. The maximum atomic E-state index is 12.0. The van der Waals surface area contributed by atoms with Crippen molar-refractivity contribution in [2.24, 2.45) is 5.92 Å². The Morgan fingerprint density at radius 3 is 2.48 bits per heavy atom. The molecule has 2 rings (SSSR count). The molecule has 1 fully saturated rings. The van der Waals surface area contributed by atoms with Crippen LogP contribution in [0.4, 0.5) is 5.69 Å². The van der Waals surface area contributed by atoms with E-state index in [9.17, 15) is 9.59 Å². The van der Waals surface area contributed by atoms with Crippen LogP contribution in [0.5, 0.6) is 0 Å². The van der Waals surface area contributed by atoms with Crippen molar-refractivity contribution in [2.75, 3.05) is 11.9 Å². The molecule has 1 aliphatic carbocycles. The Kier molecular flexibility index (Phi) is 5.78. The Balaban J connectivity index is 1.86. The topological polar surface area (TPSA) is 55.4 Å². The molecule has 0 heterocycles. The van der Waals surface area contributed by atoms with Gasteiger partial charge in [-0.2, -0.15) is 0 Å². The lowest BCUT2D eigenvalue weighted by atomic mass is 10.1. The van der Waals surface area contributed by atoms with Crippen molar-refractivity contribution in [1.29, 1.82) is 0 Å². The average Bonchev–Trinajstić information content (AvgIpc) is 3.02. The van der Waals surface area contributed by atoms with Gasteiger partial charge in [-0.1, -0.05) is 26.2 Å². The number of unbranched alkanes of at least 4 members (excludes halogenated alkanes) is 1. The number of hydrogen-bond donors (Lipinski definition) is 1. The van der Waals surface area contributed by atoms with E-state index in [1.807, 2.05) is 0 Å². The van der Waals surface area contributed by atoms with Crippen molar-refractivity contribution in [3.63, 3.8) is 0 Å². The number of carbonyl (C=O) groups is 2. The Labute approximate surface area is 125 Å². The van der Waals surface area contributed by atoms with Crippen LogP contribution < -0.4 is 5.32 Å². The van der Waals surface area contributed by atoms with E-state index in [0.717, 1.165) is 44.2 Å². The molecule has 0 spiro atoms. The smallest absolute Gasteiger partial charge is 0.338 e. The quantitative estimate of drug-likeness (QED) is 0.640. The number of ether oxygens (including phenoxy) is 1. The van der Waals surface area contributed by atoms with Crippen molar-refractivity contribution in [1.82, 2.24) is 0 Å². The molecule has 0 atom stereocenters. The third kappa shape index (κ3) is 4.59. The van der Waals surface area contributed by atoms with Crippen LogP contribution in [-0.2, 0) is 9.53 Å². The zero-order chi connectivity index (χ0) is 15.1. The minimum atomic E-state index is -0.308. The van der Waals surface area contributed by atoms with Crippen LogP contribution in [0.3, 0.4) is 0 Å². The Bertz CT molecular complexity index is 475. The number of anilines is 1. The van der Waals surface area contributed by atoms with Crippen molar-refractivity contribution >= 4 is 17.6 Å². The first-order valence-corrected chi connectivity index (χ1v) is 7.78. The fraction of sp³-hybridized carbons (Fsp3) is 0.529. The summed E-state index contributed by atoms with van der Waals surface area (Å²) in [6.45, 7) is 2.51. The van der Waals surface area contributed by atoms with Crippen LogP contribution >= 0.6 is 0 Å². The molecule has 0 radical (unpaired) electrons. The third-order valence-electron chi connectivity index (χ3n) is 3.85. The largest absolute Gasteiger partial charge is 0.462 e. The lowest BCUT2D eigenvalue weighted by Crippen LogP contribution is -2.20. The molecule has 1 aliphatic rings. The minimum Gasteiger partial charge on any atom is -0.462 e. The summed E-state index contributed by atoms with van der Waals surface area (Å²) >= 11 is 0. The molecular weight excluding hydrogens is 266 g/mol. The molecule has 21 heavy (non-hydrogen) atoms. The second-order valence-electron chi connectivity index (χ2n) is 5.54. The summed E-state index contributed by atoms with van der Waals surface area (Å²) in [7, 11) is 0. The molecule has 0 aromatic heterocycles. The monoisotopic (exact) mass is 289 g/mol. The van der Waals surface area contributed by atoms with E-state index in [-0.39, 0.29) is 17.8 Å². The van der Waals surface area contributed by atoms with Crippen molar-refractivity contribution in [3.05, 3.63) is 29.8 Å². The number of nitrogens with one attached hydrogen (secondary N) is 1. The summed E-state index contributed by atoms with van der Waals surface area (Å²) in [5.41, 5.74) is 1.25. The van der Waals surface area contributed by atoms with Gasteiger partial charge in [0.25, 0.3) is 0 Å². The number of carbonyl (C=O) groups excluding carboxylic acids is 2. The molecule has 4 heteroatoms. The van der Waals surface area contributed by atoms with Gasteiger partial charge in [0.1, 0.15) is 0 Å². The number of benzene rings is 1. The normalized spacial score (nSPS) is 14.9. The number of hydrogen-bond acceptors (Lipinski definition) is 3. The van der Waals surface area contributed by atoms with Gasteiger partial charge in [0.05, 0.1) is 12.2 Å². The van der Waals surface area contributed by atoms with E-state index in [1.165, 1.54) is 0 Å². The van der Waals surface area contributed by atoms with Crippen LogP contribution in [0, 0.1) is 5.92 Å². The molecule has 1 aromatic carbocycles. The lowest BCUT2D eigenvalue weighted by Gasteiger charge is -2.10. The first-order chi connectivity index (χ1) is 10.2. The van der Waals surface area contributed by atoms with Crippen molar-refractivity contribution < 1.29 is 14.3 Å². The second-order valence-corrected chi connectivity index (χ2v) is 5.54. The van der Waals surface area contributed by atoms with Crippen LogP contribution in [0.25, 0.3) is 0 Å². The third-order valence-corrected chi connectivity index (χ3v) is 3.85. The van der Waals surface area contributed by atoms with Gasteiger partial charge in [0.2, 0.25) is 5.91 Å². The number of rotatable bonds is 6. The van der Waals surface area contributed by atoms with Gasteiger partial charge in [0.15, 0.2) is 0 Å². The number of esters is 1. The van der Waals surface area contributed by atoms with Crippen LogP contribution in [0.1, 0.15) is 55.8 Å². The molecular formula is C17H23NO3. The first kappa shape index (κ1) is 15.5. The van der Waals surface area contributed by atoms with E-state index >= 15 is 0 Å². The highest BCUT2D eigenvalue weighted by Gasteiger charge is 2.22. The summed E-state index contributed by atoms with van der Waals surface area (Å²) < 4.78 is 5.14. The summed E-state index contributed by atoms with van der Waals surface area (Å²) in [6.07, 6.45) is 6.11. The highest BCUT2D eigenvalue weighted by molar-refractivity contribution is 5.94. The van der Waals surface area contributed by atoms with Gasteiger partial charge in [-0.15, -0.1) is 0 Å². The van der Waals surface area contributed by atoms with Crippen molar-refractivity contribution in [2.45, 2.75) is 45.4 Å². The molecule has 1 N–H and O–H groups in total. The van der Waals surface area contributed by atoms with Gasteiger partial charge in [-0.3, -0.25) is 4.79 Å². The SMILES string of the molecule is CCCCOC(=O)c1ccc(NC(=O)C2CCCC2)cc1. The average molecular weight is 289 g/mol. The zero-order valence-corrected chi connectivity index (χ0v) is 12.6. The Morgan fingerprint density at radius 2 is 1.86 bits per heavy atom. The summed E-state index contributed by atoms with van der Waals surface area (Å²) in [4.78, 5) is 23.8. The Hall–Kier alpha value is -1.84. The van der Waals surface area contributed by atoms with Crippen molar-refractivity contribution in [3.8, 4) is 0 Å². The molecule has 114 valence electrons. The predicted molar refractivity (Wildman–Crippen MR) is 82.2 cm³/mol. The summed E-state index contributed by atoms with van der Waals surface area (Å²) in [6, 6.07) is 6.89. The van der Waals surface area contributed by atoms with Crippen LogP contribution in [0.2, 0.25) is 0 Å². The standard InChI is InChI=1S/C17H23NO3/c1-2-3-12-21-17(20)14-8-10-15(11-9-14)18-16(19)13-6-4-5-7-13/h8-11,13H,2-7,12H2,1H3,(H,18,19). The molecule has 0 bridgehead atoms. The minimum absolute atomic E-state index is 0.0887. The molecule has 4 nitrogen and oxygen atoms in total. The zero-order valence-electron chi connectivity index (χ0n) is 12.6. The van der Waals surface area contributed by atoms with Gasteiger partial charge in [0, 0.05) is 11.6 Å². The molecule has 0 saturated heterocycles. The first-order valence-electron chi connectivity index (χ1n) is 7.78. The Morgan fingerprint density at radius 1 is 1.19 bits per heavy atom. The van der Waals surface area contributed by atoms with Crippen LogP contribution in [-0.4, -0.2) is 18.5 Å². The molecule has 0 unspecified atom stereocenters. The van der Waals surface area contributed by atoms with Gasteiger partial charge in [-0.05, 0) is 43.5 Å². The maximum Gasteiger partial charge on any atom is 0.338 e. The fourth-order valence-corrected chi connectivity index (χ4v) is 2.51. The highest BCUT2D eigenvalue weighted by atomic mass is 16.5. The van der Waals surface area contributed by atoms with Gasteiger partial charge < -0.3 is 10.1 Å². The van der Waals surface area contributed by atoms with Gasteiger partial charge >= 0.3 is 5.97 Å².